The molecule has 0 spiro atoms. The van der Waals surface area contributed by atoms with Crippen LogP contribution in [0, 0.1) is 10.1 Å². The molecule has 1 aromatic carbocycles. The summed E-state index contributed by atoms with van der Waals surface area (Å²) in [5.41, 5.74) is 0.691. The number of aromatic nitrogens is 3. The number of unbranched alkanes of at least 4 members (excludes halogenated alkanes) is 1. The number of pyridine rings is 1. The molecule has 0 atom stereocenters. The molecule has 0 saturated heterocycles. The fraction of sp³-hybridized carbons (Fsp3) is 0.429. The molecule has 0 radical (unpaired) electrons. The summed E-state index contributed by atoms with van der Waals surface area (Å²) in [6.07, 6.45) is 2.99. The second-order valence-corrected chi connectivity index (χ2v) is 9.32. The van der Waals surface area contributed by atoms with Crippen LogP contribution in [0.2, 0.25) is 0 Å². The van der Waals surface area contributed by atoms with Crippen molar-refractivity contribution in [3.63, 3.8) is 0 Å². The van der Waals surface area contributed by atoms with Crippen molar-refractivity contribution in [1.29, 1.82) is 0 Å². The van der Waals surface area contributed by atoms with E-state index in [1.807, 2.05) is 4.57 Å². The van der Waals surface area contributed by atoms with Gasteiger partial charge < -0.3 is 9.13 Å². The summed E-state index contributed by atoms with van der Waals surface area (Å²) < 4.78 is 30.4. The Morgan fingerprint density at radius 1 is 1.12 bits per heavy atom. The minimum Gasteiger partial charge on any atom is -0.326 e. The van der Waals surface area contributed by atoms with Crippen molar-refractivity contribution in [2.45, 2.75) is 51.6 Å². The third-order valence-corrected chi connectivity index (χ3v) is 7.41. The molecule has 2 aromatic heterocycles. The molecule has 0 amide bonds. The number of sulfonamides is 1. The average Bonchev–Trinajstić information content (AvgIpc) is 3.10. The predicted molar refractivity (Wildman–Crippen MR) is 121 cm³/mol. The molecule has 0 bridgehead atoms. The molecule has 0 aliphatic heterocycles. The zero-order valence-corrected chi connectivity index (χ0v) is 19.2. The first-order valence-corrected chi connectivity index (χ1v) is 12.0. The van der Waals surface area contributed by atoms with Gasteiger partial charge in [-0.15, -0.1) is 0 Å². The van der Waals surface area contributed by atoms with Gasteiger partial charge in [-0.2, -0.15) is 4.31 Å². The van der Waals surface area contributed by atoms with Gasteiger partial charge in [-0.25, -0.2) is 13.4 Å². The highest BCUT2D eigenvalue weighted by Gasteiger charge is 2.23. The van der Waals surface area contributed by atoms with Crippen molar-refractivity contribution < 1.29 is 13.3 Å². The van der Waals surface area contributed by atoms with Gasteiger partial charge >= 0.3 is 0 Å². The van der Waals surface area contributed by atoms with E-state index in [2.05, 4.69) is 11.9 Å². The van der Waals surface area contributed by atoms with Gasteiger partial charge in [0.25, 0.3) is 11.2 Å². The second kappa shape index (κ2) is 9.61. The van der Waals surface area contributed by atoms with Crippen LogP contribution < -0.4 is 5.56 Å². The molecule has 0 fully saturated rings. The summed E-state index contributed by atoms with van der Waals surface area (Å²) in [7, 11) is -3.64. The molecular weight excluding hydrogens is 434 g/mol. The van der Waals surface area contributed by atoms with E-state index >= 15 is 0 Å². The van der Waals surface area contributed by atoms with E-state index in [4.69, 9.17) is 0 Å². The highest BCUT2D eigenvalue weighted by Crippen LogP contribution is 2.24. The minimum absolute atomic E-state index is 0.0387. The highest BCUT2D eigenvalue weighted by molar-refractivity contribution is 7.89. The van der Waals surface area contributed by atoms with E-state index in [-0.39, 0.29) is 22.7 Å². The number of nitro groups is 1. The number of imidazole rings is 1. The van der Waals surface area contributed by atoms with Crippen molar-refractivity contribution in [1.82, 2.24) is 18.4 Å². The summed E-state index contributed by atoms with van der Waals surface area (Å²) in [5.74, 6) is 0.536. The quantitative estimate of drug-likeness (QED) is 0.338. The summed E-state index contributed by atoms with van der Waals surface area (Å²) >= 11 is 0. The average molecular weight is 462 g/mol. The van der Waals surface area contributed by atoms with Crippen LogP contribution in [0.3, 0.4) is 0 Å². The maximum atomic E-state index is 12.9. The van der Waals surface area contributed by atoms with Gasteiger partial charge in [-0.1, -0.05) is 27.2 Å². The van der Waals surface area contributed by atoms with Crippen LogP contribution >= 0.6 is 0 Å². The molecule has 10 nitrogen and oxygen atoms in total. The van der Waals surface area contributed by atoms with E-state index in [9.17, 15) is 23.3 Å². The molecule has 32 heavy (non-hydrogen) atoms. The Hall–Kier alpha value is -3.05. The molecule has 0 saturated carbocycles. The van der Waals surface area contributed by atoms with Gasteiger partial charge in [-0.05, 0) is 24.6 Å². The van der Waals surface area contributed by atoms with Crippen LogP contribution in [0.15, 0.2) is 46.2 Å². The molecule has 3 rings (SSSR count). The zero-order valence-electron chi connectivity index (χ0n) is 18.4. The fourth-order valence-electron chi connectivity index (χ4n) is 3.62. The van der Waals surface area contributed by atoms with Crippen molar-refractivity contribution in [3.8, 4) is 0 Å². The fourth-order valence-corrected chi connectivity index (χ4v) is 5.10. The summed E-state index contributed by atoms with van der Waals surface area (Å²) in [5, 5.41) is 11.1. The van der Waals surface area contributed by atoms with Gasteiger partial charge in [0.15, 0.2) is 0 Å². The van der Waals surface area contributed by atoms with Crippen molar-refractivity contribution in [2.24, 2.45) is 0 Å². The molecule has 0 aliphatic carbocycles. The monoisotopic (exact) mass is 461 g/mol. The Kier molecular flexibility index (Phi) is 7.09. The first kappa shape index (κ1) is 23.6. The van der Waals surface area contributed by atoms with Crippen LogP contribution in [-0.4, -0.2) is 44.9 Å². The molecule has 2 heterocycles. The van der Waals surface area contributed by atoms with Crippen LogP contribution in [0.5, 0.6) is 0 Å². The molecule has 11 heteroatoms. The molecule has 3 aromatic rings. The number of nitrogens with zero attached hydrogens (tertiary/aromatic N) is 5. The third kappa shape index (κ3) is 4.58. The minimum atomic E-state index is -3.64. The van der Waals surface area contributed by atoms with E-state index in [0.29, 0.717) is 31.0 Å². The third-order valence-electron chi connectivity index (χ3n) is 5.37. The molecule has 0 aliphatic rings. The normalized spacial score (nSPS) is 12.0. The van der Waals surface area contributed by atoms with Gasteiger partial charge in [-0.3, -0.25) is 14.9 Å². The second-order valence-electron chi connectivity index (χ2n) is 7.38. The highest BCUT2D eigenvalue weighted by atomic mass is 32.2. The Morgan fingerprint density at radius 3 is 2.47 bits per heavy atom. The van der Waals surface area contributed by atoms with Gasteiger partial charge in [0.2, 0.25) is 10.0 Å². The smallest absolute Gasteiger partial charge is 0.285 e. The maximum absolute atomic E-state index is 12.9. The van der Waals surface area contributed by atoms with Crippen LogP contribution in [0.4, 0.5) is 5.69 Å². The molecular formula is C21H27N5O5S. The lowest BCUT2D eigenvalue weighted by Gasteiger charge is -2.18. The predicted octanol–water partition coefficient (Wildman–Crippen LogP) is 2.99. The number of hydrogen-bond acceptors (Lipinski definition) is 6. The van der Waals surface area contributed by atoms with E-state index in [1.54, 1.807) is 32.0 Å². The molecule has 0 unspecified atom stereocenters. The van der Waals surface area contributed by atoms with Gasteiger partial charge in [0.1, 0.15) is 5.82 Å². The standard InChI is InChI=1S/C21H27N5O5S/c1-4-7-12-25-19-10-9-17(32(30,31)24(5-2)6-3)13-18(19)22-20(25)15-23-14-16(26(28)29)8-11-21(23)27/h8-11,13-14H,4-7,12,15H2,1-3H3. The lowest BCUT2D eigenvalue weighted by atomic mass is 10.3. The SMILES string of the molecule is CCCCn1c(Cn2cc([N+](=O)[O-])ccc2=O)nc2cc(S(=O)(=O)N(CC)CC)ccc21. The number of rotatable bonds is 10. The molecule has 172 valence electrons. The molecule has 0 N–H and O–H groups in total. The van der Waals surface area contributed by atoms with Crippen LogP contribution in [0.25, 0.3) is 11.0 Å². The lowest BCUT2D eigenvalue weighted by Crippen LogP contribution is -2.30. The number of aryl methyl sites for hydroxylation is 1. The summed E-state index contributed by atoms with van der Waals surface area (Å²) in [4.78, 5) is 27.6. The Morgan fingerprint density at radius 2 is 1.84 bits per heavy atom. The topological polar surface area (TPSA) is 120 Å². The summed E-state index contributed by atoms with van der Waals surface area (Å²) in [6.45, 7) is 7.03. The number of benzene rings is 1. The Bertz CT molecular complexity index is 1290. The van der Waals surface area contributed by atoms with Gasteiger partial charge in [0.05, 0.1) is 33.6 Å². The zero-order chi connectivity index (χ0) is 23.5. The maximum Gasteiger partial charge on any atom is 0.285 e. The Labute approximate surface area is 186 Å². The first-order valence-electron chi connectivity index (χ1n) is 10.6. The Balaban J connectivity index is 2.11. The van der Waals surface area contributed by atoms with Crippen LogP contribution in [-0.2, 0) is 23.1 Å². The van der Waals surface area contributed by atoms with Crippen LogP contribution in [0.1, 0.15) is 39.4 Å². The van der Waals surface area contributed by atoms with Crippen molar-refractivity contribution >= 4 is 26.7 Å². The van der Waals surface area contributed by atoms with E-state index in [1.165, 1.54) is 21.1 Å². The van der Waals surface area contributed by atoms with Crippen molar-refractivity contribution in [3.05, 3.63) is 62.8 Å². The van der Waals surface area contributed by atoms with Crippen molar-refractivity contribution in [2.75, 3.05) is 13.1 Å². The number of fused-ring (bicyclic) bond motifs is 1. The largest absolute Gasteiger partial charge is 0.326 e. The van der Waals surface area contributed by atoms with Gasteiger partial charge in [0, 0.05) is 31.8 Å². The lowest BCUT2D eigenvalue weighted by molar-refractivity contribution is -0.385. The first-order chi connectivity index (χ1) is 15.2. The van der Waals surface area contributed by atoms with E-state index in [0.717, 1.165) is 24.4 Å². The van der Waals surface area contributed by atoms with E-state index < -0.39 is 14.9 Å². The number of hydrogen-bond donors (Lipinski definition) is 0. The summed E-state index contributed by atoms with van der Waals surface area (Å²) in [6, 6.07) is 7.18.